The Balaban J connectivity index is 0.00000288. The first kappa shape index (κ1) is 21.9. The number of aliphatic imine (C=N–C) groups is 1. The van der Waals surface area contributed by atoms with Gasteiger partial charge in [-0.25, -0.2) is 0 Å². The van der Waals surface area contributed by atoms with E-state index in [1.165, 1.54) is 9.75 Å². The molecule has 2 rings (SSSR count). The average Bonchev–Trinajstić information content (AvgIpc) is 3.06. The third-order valence-corrected chi connectivity index (χ3v) is 7.31. The van der Waals surface area contributed by atoms with Gasteiger partial charge >= 0.3 is 0 Å². The Morgan fingerprint density at radius 1 is 1.33 bits per heavy atom. The normalized spacial score (nSPS) is 22.5. The number of guanidine groups is 1. The van der Waals surface area contributed by atoms with Crippen molar-refractivity contribution in [3.8, 4) is 0 Å². The largest absolute Gasteiger partial charge is 0.354 e. The highest BCUT2D eigenvalue weighted by Gasteiger charge is 2.25. The smallest absolute Gasteiger partial charge is 0.191 e. The van der Waals surface area contributed by atoms with E-state index >= 15 is 0 Å². The molecule has 1 aromatic heterocycles. The number of aryl methyl sites for hydroxylation is 1. The highest BCUT2D eigenvalue weighted by atomic mass is 127. The van der Waals surface area contributed by atoms with E-state index in [4.69, 9.17) is 0 Å². The van der Waals surface area contributed by atoms with Crippen molar-refractivity contribution in [3.63, 3.8) is 0 Å². The van der Waals surface area contributed by atoms with Crippen molar-refractivity contribution in [3.05, 3.63) is 21.9 Å². The second kappa shape index (κ2) is 11.5. The zero-order chi connectivity index (χ0) is 16.7. The fraction of sp³-hybridized carbons (Fsp3) is 0.706. The predicted octanol–water partition coefficient (Wildman–Crippen LogP) is 3.67. The van der Waals surface area contributed by atoms with E-state index in [2.05, 4.69) is 34.7 Å². The predicted molar refractivity (Wildman–Crippen MR) is 117 cm³/mol. The summed E-state index contributed by atoms with van der Waals surface area (Å²) >= 11 is 1.85. The minimum absolute atomic E-state index is 0. The van der Waals surface area contributed by atoms with Gasteiger partial charge in [0.05, 0.1) is 6.54 Å². The van der Waals surface area contributed by atoms with Gasteiger partial charge < -0.3 is 10.6 Å². The first-order chi connectivity index (χ1) is 11.2. The summed E-state index contributed by atoms with van der Waals surface area (Å²) in [6.07, 6.45) is 5.46. The summed E-state index contributed by atoms with van der Waals surface area (Å²) in [6, 6.07) is 4.76. The van der Waals surface area contributed by atoms with Gasteiger partial charge in [0, 0.05) is 44.6 Å². The first-order valence-corrected chi connectivity index (χ1v) is 10.8. The van der Waals surface area contributed by atoms with Crippen LogP contribution in [0.15, 0.2) is 17.1 Å². The van der Waals surface area contributed by atoms with Crippen molar-refractivity contribution in [2.75, 3.05) is 12.8 Å². The van der Waals surface area contributed by atoms with Crippen molar-refractivity contribution < 1.29 is 4.21 Å². The molecule has 1 aromatic rings. The van der Waals surface area contributed by atoms with E-state index < -0.39 is 10.8 Å². The molecule has 1 aliphatic carbocycles. The van der Waals surface area contributed by atoms with E-state index in [1.807, 2.05) is 25.3 Å². The molecule has 2 N–H and O–H groups in total. The summed E-state index contributed by atoms with van der Waals surface area (Å²) in [7, 11) is 1.13. The van der Waals surface area contributed by atoms with E-state index in [9.17, 15) is 4.21 Å². The third-order valence-electron chi connectivity index (χ3n) is 4.34. The molecule has 1 fully saturated rings. The summed E-state index contributed by atoms with van der Waals surface area (Å²) in [6.45, 7) is 5.00. The summed E-state index contributed by atoms with van der Waals surface area (Å²) in [4.78, 5) is 7.09. The van der Waals surface area contributed by atoms with E-state index in [0.717, 1.165) is 50.4 Å². The Hall–Kier alpha value is -0.150. The number of hydrogen-bond donors (Lipinski definition) is 2. The van der Waals surface area contributed by atoms with E-state index in [0.29, 0.717) is 11.3 Å². The van der Waals surface area contributed by atoms with Crippen molar-refractivity contribution in [1.82, 2.24) is 10.6 Å². The van der Waals surface area contributed by atoms with Crippen molar-refractivity contribution in [2.45, 2.75) is 63.8 Å². The Labute approximate surface area is 169 Å². The molecule has 0 saturated heterocycles. The first-order valence-electron chi connectivity index (χ1n) is 8.58. The number of nitrogens with zero attached hydrogens (tertiary/aromatic N) is 1. The minimum Gasteiger partial charge on any atom is -0.354 e. The van der Waals surface area contributed by atoms with Crippen molar-refractivity contribution >= 4 is 52.1 Å². The molecule has 0 spiro atoms. The summed E-state index contributed by atoms with van der Waals surface area (Å²) in [5.41, 5.74) is 0. The van der Waals surface area contributed by atoms with Crippen LogP contribution in [0.2, 0.25) is 0 Å². The van der Waals surface area contributed by atoms with Crippen LogP contribution in [0.4, 0.5) is 0 Å². The Bertz CT molecular complexity index is 548. The summed E-state index contributed by atoms with van der Waals surface area (Å²) < 4.78 is 12.0. The molecule has 1 aliphatic rings. The molecule has 0 bridgehead atoms. The SMILES string of the molecule is CCc1ccc(CNC(=NC)NC2CCCC(S(=O)CC)C2)s1.I. The molecule has 0 aliphatic heterocycles. The monoisotopic (exact) mass is 483 g/mol. The molecule has 3 atom stereocenters. The number of hydrogen-bond acceptors (Lipinski definition) is 3. The Morgan fingerprint density at radius 2 is 2.08 bits per heavy atom. The van der Waals surface area contributed by atoms with Crippen LogP contribution in [0, 0.1) is 0 Å². The maximum atomic E-state index is 12.0. The number of thiophene rings is 1. The van der Waals surface area contributed by atoms with Crippen molar-refractivity contribution in [1.29, 1.82) is 0 Å². The fourth-order valence-electron chi connectivity index (χ4n) is 3.02. The minimum atomic E-state index is -0.681. The van der Waals surface area contributed by atoms with Gasteiger partial charge in [-0.05, 0) is 37.8 Å². The van der Waals surface area contributed by atoms with Gasteiger partial charge in [0.15, 0.2) is 5.96 Å². The molecular weight excluding hydrogens is 453 g/mol. The molecule has 1 heterocycles. The van der Waals surface area contributed by atoms with Crippen LogP contribution in [0.25, 0.3) is 0 Å². The van der Waals surface area contributed by atoms with E-state index in [1.54, 1.807) is 0 Å². The van der Waals surface area contributed by atoms with Gasteiger partial charge in [0.25, 0.3) is 0 Å². The van der Waals surface area contributed by atoms with Gasteiger partial charge in [0.1, 0.15) is 0 Å². The molecule has 0 aromatic carbocycles. The molecule has 4 nitrogen and oxygen atoms in total. The van der Waals surface area contributed by atoms with Gasteiger partial charge in [-0.1, -0.05) is 20.3 Å². The van der Waals surface area contributed by atoms with Crippen LogP contribution >= 0.6 is 35.3 Å². The molecule has 1 saturated carbocycles. The molecule has 3 unspecified atom stereocenters. The van der Waals surface area contributed by atoms with Crippen LogP contribution < -0.4 is 10.6 Å². The second-order valence-corrected chi connectivity index (χ2v) is 9.21. The van der Waals surface area contributed by atoms with Gasteiger partial charge in [-0.3, -0.25) is 9.20 Å². The standard InChI is InChI=1S/C17H29N3OS2.HI/c1-4-14-9-10-15(22-14)12-19-17(18-3)20-13-7-6-8-16(11-13)23(21)5-2;/h9-10,13,16H,4-8,11-12H2,1-3H3,(H2,18,19,20);1H. The molecule has 0 radical (unpaired) electrons. The molecule has 7 heteroatoms. The van der Waals surface area contributed by atoms with E-state index in [-0.39, 0.29) is 24.0 Å². The van der Waals surface area contributed by atoms with Crippen LogP contribution in [-0.4, -0.2) is 34.3 Å². The maximum absolute atomic E-state index is 12.0. The highest BCUT2D eigenvalue weighted by molar-refractivity contribution is 14.0. The van der Waals surface area contributed by atoms with Gasteiger partial charge in [-0.2, -0.15) is 0 Å². The summed E-state index contributed by atoms with van der Waals surface area (Å²) in [5.74, 6) is 1.62. The fourth-order valence-corrected chi connectivity index (χ4v) is 5.26. The molecule has 0 amide bonds. The number of rotatable bonds is 6. The Kier molecular flexibility index (Phi) is 10.5. The molecule has 24 heavy (non-hydrogen) atoms. The quantitative estimate of drug-likeness (QED) is 0.369. The van der Waals surface area contributed by atoms with Crippen LogP contribution in [0.5, 0.6) is 0 Å². The lowest BCUT2D eigenvalue weighted by Gasteiger charge is -2.30. The zero-order valence-corrected chi connectivity index (χ0v) is 18.8. The highest BCUT2D eigenvalue weighted by Crippen LogP contribution is 2.23. The van der Waals surface area contributed by atoms with Gasteiger partial charge in [0.2, 0.25) is 0 Å². The van der Waals surface area contributed by atoms with Gasteiger partial charge in [-0.15, -0.1) is 35.3 Å². The number of nitrogens with one attached hydrogen (secondary N) is 2. The zero-order valence-electron chi connectivity index (χ0n) is 14.8. The Morgan fingerprint density at radius 3 is 2.71 bits per heavy atom. The third kappa shape index (κ3) is 6.63. The van der Waals surface area contributed by atoms with Crippen molar-refractivity contribution in [2.24, 2.45) is 4.99 Å². The average molecular weight is 483 g/mol. The molecular formula is C17H30IN3OS2. The second-order valence-electron chi connectivity index (χ2n) is 5.95. The maximum Gasteiger partial charge on any atom is 0.191 e. The lowest BCUT2D eigenvalue weighted by Crippen LogP contribution is -2.46. The lowest BCUT2D eigenvalue weighted by molar-refractivity contribution is 0.413. The molecule has 138 valence electrons. The van der Waals surface area contributed by atoms with Crippen LogP contribution in [0.3, 0.4) is 0 Å². The lowest BCUT2D eigenvalue weighted by atomic mass is 9.95. The van der Waals surface area contributed by atoms with Crippen LogP contribution in [0.1, 0.15) is 49.3 Å². The van der Waals surface area contributed by atoms with Crippen LogP contribution in [-0.2, 0) is 23.8 Å². The summed E-state index contributed by atoms with van der Waals surface area (Å²) in [5, 5.41) is 7.26. The topological polar surface area (TPSA) is 53.5 Å². The number of halogens is 1.